The largest absolute Gasteiger partial charge is 0.327 e. The van der Waals surface area contributed by atoms with Gasteiger partial charge in [0.25, 0.3) is 0 Å². The Morgan fingerprint density at radius 2 is 1.47 bits per heavy atom. The second kappa shape index (κ2) is 6.27. The van der Waals surface area contributed by atoms with Crippen molar-refractivity contribution in [3.63, 3.8) is 0 Å². The number of nitrogens with one attached hydrogen (secondary N) is 1. The van der Waals surface area contributed by atoms with Crippen molar-refractivity contribution in [1.82, 2.24) is 5.32 Å². The van der Waals surface area contributed by atoms with Crippen LogP contribution in [0.3, 0.4) is 0 Å². The Morgan fingerprint density at radius 1 is 1.00 bits per heavy atom. The standard InChI is InChI=1S/C16H14N2O/c1-2-13-17-16(19)18(14-9-5-3-6-10-14)15-11-7-4-8-12-15/h1,3-12H,13H2,(H,17,19). The molecule has 0 aliphatic rings. The van der Waals surface area contributed by atoms with Crippen molar-refractivity contribution in [2.24, 2.45) is 0 Å². The highest BCUT2D eigenvalue weighted by atomic mass is 16.2. The van der Waals surface area contributed by atoms with Crippen molar-refractivity contribution < 1.29 is 4.79 Å². The summed E-state index contributed by atoms with van der Waals surface area (Å²) in [6.07, 6.45) is 5.17. The predicted molar refractivity (Wildman–Crippen MR) is 77.3 cm³/mol. The molecule has 0 spiro atoms. The summed E-state index contributed by atoms with van der Waals surface area (Å²) < 4.78 is 0. The molecule has 1 N–H and O–H groups in total. The van der Waals surface area contributed by atoms with Gasteiger partial charge in [-0.15, -0.1) is 6.42 Å². The molecular formula is C16H14N2O. The third kappa shape index (κ3) is 3.14. The van der Waals surface area contributed by atoms with Gasteiger partial charge in [0.15, 0.2) is 0 Å². The lowest BCUT2D eigenvalue weighted by Crippen LogP contribution is -2.37. The molecule has 19 heavy (non-hydrogen) atoms. The monoisotopic (exact) mass is 250 g/mol. The number of carbonyl (C=O) groups excluding carboxylic acids is 1. The van der Waals surface area contributed by atoms with Crippen LogP contribution in [0.4, 0.5) is 16.2 Å². The minimum atomic E-state index is -0.240. The van der Waals surface area contributed by atoms with Crippen LogP contribution in [0.1, 0.15) is 0 Å². The van der Waals surface area contributed by atoms with Gasteiger partial charge in [-0.2, -0.15) is 0 Å². The number of urea groups is 1. The molecular weight excluding hydrogens is 236 g/mol. The molecule has 2 aromatic carbocycles. The summed E-state index contributed by atoms with van der Waals surface area (Å²) in [6.45, 7) is 0.203. The molecule has 0 unspecified atom stereocenters. The van der Waals surface area contributed by atoms with Gasteiger partial charge in [0, 0.05) is 0 Å². The minimum absolute atomic E-state index is 0.203. The average molecular weight is 250 g/mol. The van der Waals surface area contributed by atoms with Gasteiger partial charge in [0.2, 0.25) is 0 Å². The van der Waals surface area contributed by atoms with Crippen molar-refractivity contribution in [2.75, 3.05) is 11.4 Å². The highest BCUT2D eigenvalue weighted by molar-refractivity contribution is 5.99. The lowest BCUT2D eigenvalue weighted by Gasteiger charge is -2.22. The highest BCUT2D eigenvalue weighted by Crippen LogP contribution is 2.24. The first-order chi connectivity index (χ1) is 9.33. The minimum Gasteiger partial charge on any atom is -0.326 e. The van der Waals surface area contributed by atoms with Crippen LogP contribution in [0, 0.1) is 12.3 Å². The number of benzene rings is 2. The van der Waals surface area contributed by atoms with Crippen LogP contribution in [0.15, 0.2) is 60.7 Å². The lowest BCUT2D eigenvalue weighted by molar-refractivity contribution is 0.249. The van der Waals surface area contributed by atoms with E-state index in [9.17, 15) is 4.79 Å². The summed E-state index contributed by atoms with van der Waals surface area (Å²) >= 11 is 0. The van der Waals surface area contributed by atoms with Crippen LogP contribution in [0.25, 0.3) is 0 Å². The molecule has 0 saturated heterocycles. The zero-order chi connectivity index (χ0) is 13.5. The number of hydrogen-bond donors (Lipinski definition) is 1. The summed E-state index contributed by atoms with van der Waals surface area (Å²) in [5.74, 6) is 2.40. The van der Waals surface area contributed by atoms with Crippen molar-refractivity contribution in [3.05, 3.63) is 60.7 Å². The van der Waals surface area contributed by atoms with Gasteiger partial charge in [-0.3, -0.25) is 4.90 Å². The molecule has 94 valence electrons. The topological polar surface area (TPSA) is 32.3 Å². The van der Waals surface area contributed by atoms with Crippen molar-refractivity contribution in [2.45, 2.75) is 0 Å². The zero-order valence-corrected chi connectivity index (χ0v) is 10.4. The first kappa shape index (κ1) is 12.7. The predicted octanol–water partition coefficient (Wildman–Crippen LogP) is 3.17. The number of para-hydroxylation sites is 2. The number of amides is 2. The molecule has 0 atom stereocenters. The molecule has 0 aromatic heterocycles. The molecule has 0 fully saturated rings. The molecule has 2 amide bonds. The fourth-order valence-corrected chi connectivity index (χ4v) is 1.74. The zero-order valence-electron chi connectivity index (χ0n) is 10.4. The number of rotatable bonds is 3. The molecule has 0 radical (unpaired) electrons. The Kier molecular flexibility index (Phi) is 4.20. The first-order valence-corrected chi connectivity index (χ1v) is 5.94. The van der Waals surface area contributed by atoms with E-state index in [1.165, 1.54) is 0 Å². The molecule has 0 bridgehead atoms. The van der Waals surface area contributed by atoms with Crippen LogP contribution in [-0.2, 0) is 0 Å². The summed E-state index contributed by atoms with van der Waals surface area (Å²) in [7, 11) is 0. The maximum absolute atomic E-state index is 12.2. The Labute approximate surface area is 112 Å². The highest BCUT2D eigenvalue weighted by Gasteiger charge is 2.16. The SMILES string of the molecule is C#CCNC(=O)N(c1ccccc1)c1ccccc1. The van der Waals surface area contributed by atoms with E-state index in [-0.39, 0.29) is 12.6 Å². The molecule has 2 aromatic rings. The van der Waals surface area contributed by atoms with Gasteiger partial charge < -0.3 is 5.32 Å². The number of anilines is 2. The van der Waals surface area contributed by atoms with Gasteiger partial charge >= 0.3 is 6.03 Å². The number of nitrogens with zero attached hydrogens (tertiary/aromatic N) is 1. The van der Waals surface area contributed by atoms with Gasteiger partial charge in [-0.05, 0) is 24.3 Å². The van der Waals surface area contributed by atoms with E-state index in [2.05, 4.69) is 11.2 Å². The quantitative estimate of drug-likeness (QED) is 0.834. The molecule has 3 nitrogen and oxygen atoms in total. The summed E-state index contributed by atoms with van der Waals surface area (Å²) in [4.78, 5) is 13.8. The van der Waals surface area contributed by atoms with Gasteiger partial charge in [-0.1, -0.05) is 42.3 Å². The third-order valence-corrected chi connectivity index (χ3v) is 2.57. The van der Waals surface area contributed by atoms with E-state index in [1.54, 1.807) is 4.90 Å². The first-order valence-electron chi connectivity index (χ1n) is 5.94. The Balaban J connectivity index is 2.35. The summed E-state index contributed by atoms with van der Waals surface area (Å²) in [6, 6.07) is 18.6. The third-order valence-electron chi connectivity index (χ3n) is 2.57. The van der Waals surface area contributed by atoms with E-state index in [0.29, 0.717) is 0 Å². The Bertz CT molecular complexity index is 533. The van der Waals surface area contributed by atoms with Crippen LogP contribution in [0.5, 0.6) is 0 Å². The Morgan fingerprint density at radius 3 is 1.89 bits per heavy atom. The van der Waals surface area contributed by atoms with Crippen LogP contribution >= 0.6 is 0 Å². The number of terminal acetylenes is 1. The van der Waals surface area contributed by atoms with Crippen molar-refractivity contribution in [1.29, 1.82) is 0 Å². The molecule has 0 aliphatic carbocycles. The van der Waals surface area contributed by atoms with Crippen LogP contribution in [-0.4, -0.2) is 12.6 Å². The maximum Gasteiger partial charge on any atom is 0.327 e. The second-order valence-corrected chi connectivity index (χ2v) is 3.87. The van der Waals surface area contributed by atoms with Crippen molar-refractivity contribution >= 4 is 17.4 Å². The molecule has 2 rings (SSSR count). The van der Waals surface area contributed by atoms with E-state index < -0.39 is 0 Å². The van der Waals surface area contributed by atoms with Gasteiger partial charge in [0.05, 0.1) is 17.9 Å². The lowest BCUT2D eigenvalue weighted by atomic mass is 10.2. The van der Waals surface area contributed by atoms with E-state index in [0.717, 1.165) is 11.4 Å². The normalized spacial score (nSPS) is 9.42. The van der Waals surface area contributed by atoms with Crippen LogP contribution < -0.4 is 10.2 Å². The van der Waals surface area contributed by atoms with Crippen LogP contribution in [0.2, 0.25) is 0 Å². The number of hydrogen-bond acceptors (Lipinski definition) is 1. The maximum atomic E-state index is 12.2. The summed E-state index contributed by atoms with van der Waals surface area (Å²) in [5, 5.41) is 2.68. The van der Waals surface area contributed by atoms with Gasteiger partial charge in [0.1, 0.15) is 0 Å². The van der Waals surface area contributed by atoms with E-state index in [1.807, 2.05) is 60.7 Å². The number of carbonyl (C=O) groups is 1. The van der Waals surface area contributed by atoms with E-state index >= 15 is 0 Å². The molecule has 0 aliphatic heterocycles. The van der Waals surface area contributed by atoms with Gasteiger partial charge in [-0.25, -0.2) is 4.79 Å². The summed E-state index contributed by atoms with van der Waals surface area (Å²) in [5.41, 5.74) is 1.59. The van der Waals surface area contributed by atoms with E-state index in [4.69, 9.17) is 6.42 Å². The smallest absolute Gasteiger partial charge is 0.326 e. The Hall–Kier alpha value is -2.73. The fourth-order valence-electron chi connectivity index (χ4n) is 1.74. The fraction of sp³-hybridized carbons (Fsp3) is 0.0625. The second-order valence-electron chi connectivity index (χ2n) is 3.87. The molecule has 0 heterocycles. The molecule has 0 saturated carbocycles. The van der Waals surface area contributed by atoms with Crippen molar-refractivity contribution in [3.8, 4) is 12.3 Å². The molecule has 3 heteroatoms. The average Bonchev–Trinajstić information content (AvgIpc) is 2.47.